The molecule has 1 fully saturated rings. The fourth-order valence-corrected chi connectivity index (χ4v) is 3.46. The zero-order valence-electron chi connectivity index (χ0n) is 12.9. The zero-order chi connectivity index (χ0) is 16.3. The van der Waals surface area contributed by atoms with E-state index in [0.717, 1.165) is 25.0 Å². The number of benzene rings is 1. The van der Waals surface area contributed by atoms with Crippen molar-refractivity contribution in [2.45, 2.75) is 38.6 Å². The van der Waals surface area contributed by atoms with E-state index >= 15 is 0 Å². The molecule has 4 nitrogen and oxygen atoms in total. The van der Waals surface area contributed by atoms with Gasteiger partial charge >= 0.3 is 0 Å². The van der Waals surface area contributed by atoms with Crippen molar-refractivity contribution >= 4 is 10.2 Å². The molecule has 1 N–H and O–H groups in total. The highest BCUT2D eigenvalue weighted by Crippen LogP contribution is 2.29. The van der Waals surface area contributed by atoms with Crippen molar-refractivity contribution < 1.29 is 17.2 Å². The smallest absolute Gasteiger partial charge is 0.204 e. The first-order valence-corrected chi connectivity index (χ1v) is 8.89. The van der Waals surface area contributed by atoms with Gasteiger partial charge in [-0.3, -0.25) is 0 Å². The normalized spacial score (nSPS) is 17.0. The molecule has 0 radical (unpaired) electrons. The Balaban J connectivity index is 1.83. The first-order valence-electron chi connectivity index (χ1n) is 7.45. The number of hydrogen-bond donors (Lipinski definition) is 1. The molecule has 2 rings (SSSR count). The maximum Gasteiger partial charge on any atom is 0.279 e. The van der Waals surface area contributed by atoms with Crippen molar-refractivity contribution in [2.75, 3.05) is 13.6 Å². The quantitative estimate of drug-likeness (QED) is 0.795. The molecule has 0 heterocycles. The second kappa shape index (κ2) is 7.02. The molecular weight excluding hydrogens is 310 g/mol. The summed E-state index contributed by atoms with van der Waals surface area (Å²) in [6.45, 7) is 2.31. The van der Waals surface area contributed by atoms with Gasteiger partial charge in [0.15, 0.2) is 11.6 Å². The third-order valence-electron chi connectivity index (χ3n) is 3.82. The Bertz CT molecular complexity index is 618. The number of nitrogens with zero attached hydrogens (tertiary/aromatic N) is 1. The SMILES string of the molecule is C[C@@H](CCc1ccc(F)c(F)c1)NS(=O)(=O)N(C)CC1CC1. The molecule has 1 aliphatic carbocycles. The van der Waals surface area contributed by atoms with Gasteiger partial charge in [-0.05, 0) is 56.2 Å². The first kappa shape index (κ1) is 17.3. The minimum Gasteiger partial charge on any atom is -0.204 e. The molecule has 7 heteroatoms. The summed E-state index contributed by atoms with van der Waals surface area (Å²) in [4.78, 5) is 0. The largest absolute Gasteiger partial charge is 0.279 e. The summed E-state index contributed by atoms with van der Waals surface area (Å²) in [6.07, 6.45) is 3.17. The topological polar surface area (TPSA) is 49.4 Å². The minimum absolute atomic E-state index is 0.278. The lowest BCUT2D eigenvalue weighted by atomic mass is 10.1. The molecule has 1 aromatic rings. The van der Waals surface area contributed by atoms with Gasteiger partial charge < -0.3 is 0 Å². The average molecular weight is 332 g/mol. The molecule has 0 aliphatic heterocycles. The van der Waals surface area contributed by atoms with Gasteiger partial charge in [0, 0.05) is 19.6 Å². The Morgan fingerprint density at radius 2 is 2.00 bits per heavy atom. The van der Waals surface area contributed by atoms with Crippen molar-refractivity contribution in [3.05, 3.63) is 35.4 Å². The number of hydrogen-bond acceptors (Lipinski definition) is 2. The van der Waals surface area contributed by atoms with Crippen LogP contribution in [0.25, 0.3) is 0 Å². The standard InChI is InChI=1S/C15H22F2N2O2S/c1-11(3-4-12-7-8-14(16)15(17)9-12)18-22(20,21)19(2)10-13-5-6-13/h7-9,11,13,18H,3-6,10H2,1-2H3/t11-/m0/s1. The van der Waals surface area contributed by atoms with Gasteiger partial charge in [0.2, 0.25) is 0 Å². The molecular formula is C15H22F2N2O2S. The molecule has 1 atom stereocenters. The number of rotatable bonds is 8. The van der Waals surface area contributed by atoms with E-state index in [4.69, 9.17) is 0 Å². The van der Waals surface area contributed by atoms with Crippen LogP contribution in [0.2, 0.25) is 0 Å². The summed E-state index contributed by atoms with van der Waals surface area (Å²) in [5, 5.41) is 0. The third kappa shape index (κ3) is 5.00. The van der Waals surface area contributed by atoms with Gasteiger partial charge in [0.1, 0.15) is 0 Å². The number of aryl methyl sites for hydroxylation is 1. The van der Waals surface area contributed by atoms with E-state index in [1.807, 2.05) is 0 Å². The fourth-order valence-electron chi connectivity index (χ4n) is 2.24. The third-order valence-corrected chi connectivity index (χ3v) is 5.49. The van der Waals surface area contributed by atoms with Crippen molar-refractivity contribution in [2.24, 2.45) is 5.92 Å². The average Bonchev–Trinajstić information content (AvgIpc) is 3.23. The first-order chi connectivity index (χ1) is 10.3. The van der Waals surface area contributed by atoms with Crippen molar-refractivity contribution in [3.63, 3.8) is 0 Å². The van der Waals surface area contributed by atoms with Crippen LogP contribution in [0.15, 0.2) is 18.2 Å². The summed E-state index contributed by atoms with van der Waals surface area (Å²) in [7, 11) is -1.91. The molecule has 124 valence electrons. The van der Waals surface area contributed by atoms with Crippen molar-refractivity contribution in [1.29, 1.82) is 0 Å². The van der Waals surface area contributed by atoms with Crippen LogP contribution in [0.3, 0.4) is 0 Å². The molecule has 0 spiro atoms. The molecule has 0 saturated heterocycles. The predicted octanol–water partition coefficient (Wildman–Crippen LogP) is 2.46. The van der Waals surface area contributed by atoms with Gasteiger partial charge in [-0.2, -0.15) is 17.4 Å². The summed E-state index contributed by atoms with van der Waals surface area (Å²) in [6, 6.07) is 3.47. The summed E-state index contributed by atoms with van der Waals surface area (Å²) < 4.78 is 54.2. The summed E-state index contributed by atoms with van der Waals surface area (Å²) >= 11 is 0. The van der Waals surface area contributed by atoms with E-state index in [1.165, 1.54) is 10.4 Å². The Kier molecular flexibility index (Phi) is 5.52. The zero-order valence-corrected chi connectivity index (χ0v) is 13.7. The van der Waals surface area contributed by atoms with E-state index in [0.29, 0.717) is 30.9 Å². The minimum atomic E-state index is -3.48. The van der Waals surface area contributed by atoms with Gasteiger partial charge in [-0.1, -0.05) is 6.07 Å². The highest BCUT2D eigenvalue weighted by Gasteiger charge is 2.28. The van der Waals surface area contributed by atoms with Crippen LogP contribution in [0.1, 0.15) is 31.7 Å². The summed E-state index contributed by atoms with van der Waals surface area (Å²) in [5.74, 6) is -1.27. The van der Waals surface area contributed by atoms with Crippen LogP contribution in [-0.4, -0.2) is 32.4 Å². The van der Waals surface area contributed by atoms with E-state index in [-0.39, 0.29) is 6.04 Å². The van der Waals surface area contributed by atoms with E-state index in [2.05, 4.69) is 4.72 Å². The predicted molar refractivity (Wildman–Crippen MR) is 81.6 cm³/mol. The highest BCUT2D eigenvalue weighted by molar-refractivity contribution is 7.87. The van der Waals surface area contributed by atoms with Crippen LogP contribution in [0, 0.1) is 17.6 Å². The van der Waals surface area contributed by atoms with Crippen molar-refractivity contribution in [1.82, 2.24) is 9.03 Å². The summed E-state index contributed by atoms with van der Waals surface area (Å²) in [5.41, 5.74) is 0.649. The van der Waals surface area contributed by atoms with Gasteiger partial charge in [-0.15, -0.1) is 0 Å². The van der Waals surface area contributed by atoms with Crippen LogP contribution >= 0.6 is 0 Å². The van der Waals surface area contributed by atoms with Gasteiger partial charge in [-0.25, -0.2) is 8.78 Å². The molecule has 0 aromatic heterocycles. The Hall–Kier alpha value is -1.05. The van der Waals surface area contributed by atoms with Gasteiger partial charge in [0.05, 0.1) is 0 Å². The van der Waals surface area contributed by atoms with Gasteiger partial charge in [0.25, 0.3) is 10.2 Å². The van der Waals surface area contributed by atoms with Crippen molar-refractivity contribution in [3.8, 4) is 0 Å². The highest BCUT2D eigenvalue weighted by atomic mass is 32.2. The van der Waals surface area contributed by atoms with Crippen LogP contribution in [0.5, 0.6) is 0 Å². The Labute approximate surface area is 130 Å². The maximum atomic E-state index is 13.1. The van der Waals surface area contributed by atoms with Crippen LogP contribution < -0.4 is 4.72 Å². The lowest BCUT2D eigenvalue weighted by Gasteiger charge is -2.21. The van der Waals surface area contributed by atoms with Crippen LogP contribution in [0.4, 0.5) is 8.78 Å². The lowest BCUT2D eigenvalue weighted by molar-refractivity contribution is 0.432. The molecule has 1 aromatic carbocycles. The lowest BCUT2D eigenvalue weighted by Crippen LogP contribution is -2.43. The number of nitrogens with one attached hydrogen (secondary N) is 1. The molecule has 1 aliphatic rings. The Morgan fingerprint density at radius 3 is 2.59 bits per heavy atom. The maximum absolute atomic E-state index is 13.1. The molecule has 22 heavy (non-hydrogen) atoms. The fraction of sp³-hybridized carbons (Fsp3) is 0.600. The second-order valence-corrected chi connectivity index (χ2v) is 7.84. The molecule has 0 unspecified atom stereocenters. The monoisotopic (exact) mass is 332 g/mol. The Morgan fingerprint density at radius 1 is 1.32 bits per heavy atom. The second-order valence-electron chi connectivity index (χ2n) is 6.03. The van der Waals surface area contributed by atoms with E-state index in [1.54, 1.807) is 14.0 Å². The number of halogens is 2. The van der Waals surface area contributed by atoms with E-state index < -0.39 is 21.8 Å². The van der Waals surface area contributed by atoms with Crippen LogP contribution in [-0.2, 0) is 16.6 Å². The molecule has 1 saturated carbocycles. The van der Waals surface area contributed by atoms with E-state index in [9.17, 15) is 17.2 Å². The molecule has 0 bridgehead atoms. The molecule has 0 amide bonds.